The van der Waals surface area contributed by atoms with E-state index in [0.717, 1.165) is 66.6 Å². The predicted molar refractivity (Wildman–Crippen MR) is 121 cm³/mol. The summed E-state index contributed by atoms with van der Waals surface area (Å²) in [5, 5.41) is 14.1. The van der Waals surface area contributed by atoms with Crippen LogP contribution < -0.4 is 5.56 Å². The minimum absolute atomic E-state index is 0.0341. The van der Waals surface area contributed by atoms with Gasteiger partial charge in [0.1, 0.15) is 6.04 Å². The summed E-state index contributed by atoms with van der Waals surface area (Å²) in [6.07, 6.45) is 9.46. The molecule has 1 aromatic carbocycles. The fraction of sp³-hybridized carbons (Fsp3) is 0.583. The molecule has 1 atom stereocenters. The number of aromatic nitrogens is 5. The molecule has 1 saturated carbocycles. The van der Waals surface area contributed by atoms with Gasteiger partial charge in [-0.25, -0.2) is 4.68 Å². The number of piperidine rings is 1. The average Bonchev–Trinajstić information content (AvgIpc) is 3.26. The number of likely N-dealkylation sites (tertiary alicyclic amines) is 1. The van der Waals surface area contributed by atoms with Gasteiger partial charge in [0.2, 0.25) is 0 Å². The molecule has 164 valence electrons. The second-order valence-corrected chi connectivity index (χ2v) is 9.37. The van der Waals surface area contributed by atoms with Crippen molar-refractivity contribution in [1.29, 1.82) is 0 Å². The van der Waals surface area contributed by atoms with E-state index in [4.69, 9.17) is 0 Å². The largest absolute Gasteiger partial charge is 0.321 e. The summed E-state index contributed by atoms with van der Waals surface area (Å²) < 4.78 is 2.03. The molecule has 7 nitrogen and oxygen atoms in total. The van der Waals surface area contributed by atoms with E-state index >= 15 is 0 Å². The number of pyridine rings is 1. The maximum absolute atomic E-state index is 13.4. The van der Waals surface area contributed by atoms with Gasteiger partial charge < -0.3 is 4.98 Å². The van der Waals surface area contributed by atoms with E-state index < -0.39 is 0 Å². The van der Waals surface area contributed by atoms with E-state index in [9.17, 15) is 4.79 Å². The number of aryl methyl sites for hydroxylation is 2. The van der Waals surface area contributed by atoms with Gasteiger partial charge in [0.05, 0.1) is 11.6 Å². The summed E-state index contributed by atoms with van der Waals surface area (Å²) in [6, 6.07) is 6.46. The Bertz CT molecular complexity index is 1120. The number of rotatable bonds is 4. The number of hydrogen-bond acceptors (Lipinski definition) is 5. The minimum Gasteiger partial charge on any atom is -0.321 e. The number of aromatic amines is 1. The molecule has 3 heterocycles. The van der Waals surface area contributed by atoms with Crippen molar-refractivity contribution in [3.05, 3.63) is 51.1 Å². The Kier molecular flexibility index (Phi) is 5.61. The minimum atomic E-state index is -0.216. The summed E-state index contributed by atoms with van der Waals surface area (Å²) >= 11 is 0. The summed E-state index contributed by atoms with van der Waals surface area (Å²) in [5.41, 5.74) is 3.94. The number of hydrogen-bond donors (Lipinski definition) is 1. The summed E-state index contributed by atoms with van der Waals surface area (Å²) in [4.78, 5) is 19.0. The second kappa shape index (κ2) is 8.54. The number of fused-ring (bicyclic) bond motifs is 1. The van der Waals surface area contributed by atoms with Crippen LogP contribution in [0, 0.1) is 13.8 Å². The molecular weight excluding hydrogens is 388 g/mol. The second-order valence-electron chi connectivity index (χ2n) is 9.37. The van der Waals surface area contributed by atoms with Crippen molar-refractivity contribution in [1.82, 2.24) is 30.1 Å². The van der Waals surface area contributed by atoms with Crippen molar-refractivity contribution in [2.75, 3.05) is 13.1 Å². The molecule has 1 aliphatic carbocycles. The fourth-order valence-corrected chi connectivity index (χ4v) is 5.55. The van der Waals surface area contributed by atoms with Gasteiger partial charge in [-0.05, 0) is 86.1 Å². The van der Waals surface area contributed by atoms with Crippen molar-refractivity contribution in [3.63, 3.8) is 0 Å². The van der Waals surface area contributed by atoms with Crippen LogP contribution >= 0.6 is 0 Å². The van der Waals surface area contributed by atoms with Crippen LogP contribution in [0.5, 0.6) is 0 Å². The Morgan fingerprint density at radius 2 is 1.74 bits per heavy atom. The predicted octanol–water partition coefficient (Wildman–Crippen LogP) is 4.21. The molecule has 31 heavy (non-hydrogen) atoms. The molecule has 1 saturated heterocycles. The van der Waals surface area contributed by atoms with E-state index in [0.29, 0.717) is 6.04 Å². The lowest BCUT2D eigenvalue weighted by Gasteiger charge is -2.34. The number of tetrazole rings is 1. The molecule has 2 aliphatic rings. The molecule has 1 aliphatic heterocycles. The van der Waals surface area contributed by atoms with E-state index in [1.807, 2.05) is 4.68 Å². The molecule has 0 amide bonds. The van der Waals surface area contributed by atoms with Gasteiger partial charge in [0.15, 0.2) is 5.82 Å². The van der Waals surface area contributed by atoms with Crippen molar-refractivity contribution < 1.29 is 0 Å². The Morgan fingerprint density at radius 1 is 1.00 bits per heavy atom. The maximum atomic E-state index is 13.4. The smallest absolute Gasteiger partial charge is 0.253 e. The summed E-state index contributed by atoms with van der Waals surface area (Å²) in [7, 11) is 0. The van der Waals surface area contributed by atoms with Crippen LogP contribution in [0.4, 0.5) is 0 Å². The van der Waals surface area contributed by atoms with Crippen LogP contribution in [0.25, 0.3) is 10.9 Å². The first-order chi connectivity index (χ1) is 15.1. The molecule has 1 N–H and O–H groups in total. The molecular formula is C24H32N6O. The third kappa shape index (κ3) is 3.91. The van der Waals surface area contributed by atoms with E-state index in [2.05, 4.69) is 57.5 Å². The third-order valence-electron chi connectivity index (χ3n) is 7.06. The molecule has 0 radical (unpaired) electrons. The molecule has 7 heteroatoms. The standard InChI is InChI=1S/C24H32N6O/c1-16-13-17(2)21-18(14-16)15-20(24(31)25-21)22(29-11-7-4-8-12-29)23-26-27-28-30(23)19-9-5-3-6-10-19/h13-15,19,22H,3-12H2,1-2H3,(H,25,31). The monoisotopic (exact) mass is 420 g/mol. The van der Waals surface area contributed by atoms with E-state index in [1.165, 1.54) is 31.2 Å². The van der Waals surface area contributed by atoms with Crippen LogP contribution in [-0.4, -0.2) is 43.2 Å². The van der Waals surface area contributed by atoms with E-state index in [1.54, 1.807) is 0 Å². The topological polar surface area (TPSA) is 79.7 Å². The first-order valence-corrected chi connectivity index (χ1v) is 11.8. The van der Waals surface area contributed by atoms with Crippen molar-refractivity contribution >= 4 is 10.9 Å². The van der Waals surface area contributed by atoms with Crippen LogP contribution in [0.2, 0.25) is 0 Å². The van der Waals surface area contributed by atoms with Gasteiger partial charge in [0.25, 0.3) is 5.56 Å². The van der Waals surface area contributed by atoms with Crippen LogP contribution in [0.15, 0.2) is 23.0 Å². The van der Waals surface area contributed by atoms with Crippen molar-refractivity contribution in [2.45, 2.75) is 77.3 Å². The summed E-state index contributed by atoms with van der Waals surface area (Å²) in [5.74, 6) is 0.822. The van der Waals surface area contributed by atoms with Gasteiger partial charge in [-0.3, -0.25) is 9.69 Å². The first kappa shape index (κ1) is 20.4. The average molecular weight is 421 g/mol. The van der Waals surface area contributed by atoms with Gasteiger partial charge in [-0.2, -0.15) is 0 Å². The number of H-pyrrole nitrogens is 1. The quantitative estimate of drug-likeness (QED) is 0.684. The van der Waals surface area contributed by atoms with Gasteiger partial charge in [-0.15, -0.1) is 5.10 Å². The highest BCUT2D eigenvalue weighted by molar-refractivity contribution is 5.83. The fourth-order valence-electron chi connectivity index (χ4n) is 5.55. The van der Waals surface area contributed by atoms with Gasteiger partial charge in [-0.1, -0.05) is 37.3 Å². The zero-order valence-corrected chi connectivity index (χ0v) is 18.6. The lowest BCUT2D eigenvalue weighted by Crippen LogP contribution is -2.39. The third-order valence-corrected chi connectivity index (χ3v) is 7.06. The highest BCUT2D eigenvalue weighted by atomic mass is 16.1. The number of benzene rings is 1. The molecule has 1 unspecified atom stereocenters. The maximum Gasteiger partial charge on any atom is 0.253 e. The Hall–Kier alpha value is -2.54. The highest BCUT2D eigenvalue weighted by Gasteiger charge is 2.33. The van der Waals surface area contributed by atoms with Crippen molar-refractivity contribution in [2.24, 2.45) is 0 Å². The molecule has 2 aromatic heterocycles. The summed E-state index contributed by atoms with van der Waals surface area (Å²) in [6.45, 7) is 6.08. The number of nitrogens with one attached hydrogen (secondary N) is 1. The molecule has 0 spiro atoms. The molecule has 2 fully saturated rings. The SMILES string of the molecule is Cc1cc(C)c2[nH]c(=O)c(C(c3nnnn3C3CCCCC3)N3CCCCC3)cc2c1. The van der Waals surface area contributed by atoms with Gasteiger partial charge in [0, 0.05) is 5.56 Å². The van der Waals surface area contributed by atoms with Gasteiger partial charge >= 0.3 is 0 Å². The lowest BCUT2D eigenvalue weighted by molar-refractivity contribution is 0.171. The first-order valence-electron chi connectivity index (χ1n) is 11.8. The Labute approximate surface area is 182 Å². The Morgan fingerprint density at radius 3 is 2.52 bits per heavy atom. The van der Waals surface area contributed by atoms with Crippen LogP contribution in [-0.2, 0) is 0 Å². The Balaban J connectivity index is 1.65. The van der Waals surface area contributed by atoms with E-state index in [-0.39, 0.29) is 11.6 Å². The molecule has 5 rings (SSSR count). The number of nitrogens with zero attached hydrogens (tertiary/aromatic N) is 5. The molecule has 0 bridgehead atoms. The zero-order valence-electron chi connectivity index (χ0n) is 18.6. The van der Waals surface area contributed by atoms with Crippen LogP contribution in [0.3, 0.4) is 0 Å². The molecule has 3 aromatic rings. The highest BCUT2D eigenvalue weighted by Crippen LogP contribution is 2.34. The lowest BCUT2D eigenvalue weighted by atomic mass is 9.94. The van der Waals surface area contributed by atoms with Crippen molar-refractivity contribution in [3.8, 4) is 0 Å². The zero-order chi connectivity index (χ0) is 21.4. The van der Waals surface area contributed by atoms with Crippen LogP contribution in [0.1, 0.15) is 86.0 Å². The normalized spacial score (nSPS) is 19.7.